The van der Waals surface area contributed by atoms with E-state index >= 15 is 0 Å². The molecule has 0 unspecified atom stereocenters. The van der Waals surface area contributed by atoms with Gasteiger partial charge in [0, 0.05) is 0 Å². The third-order valence-corrected chi connectivity index (χ3v) is 13.4. The minimum atomic E-state index is -3.44. The maximum Gasteiger partial charge on any atom is 0.475 e. The van der Waals surface area contributed by atoms with E-state index in [1.807, 2.05) is 13.8 Å². The summed E-state index contributed by atoms with van der Waals surface area (Å²) in [6, 6.07) is 0. The summed E-state index contributed by atoms with van der Waals surface area (Å²) < 4.78 is 30.0. The zero-order valence-electron chi connectivity index (χ0n) is 24.6. The second-order valence-corrected chi connectivity index (χ2v) is 15.6. The predicted octanol–water partition coefficient (Wildman–Crippen LogP) is 9.67. The molecule has 0 spiro atoms. The van der Waals surface area contributed by atoms with Gasteiger partial charge in [-0.3, -0.25) is 13.6 Å². The van der Waals surface area contributed by atoms with Crippen molar-refractivity contribution in [1.29, 1.82) is 0 Å². The lowest BCUT2D eigenvalue weighted by Crippen LogP contribution is -2.54. The van der Waals surface area contributed by atoms with Gasteiger partial charge in [-0.1, -0.05) is 53.9 Å². The lowest BCUT2D eigenvalue weighted by molar-refractivity contribution is -0.129. The number of phosphoric acid groups is 1. The Morgan fingerprint density at radius 1 is 0.833 bits per heavy atom. The molecule has 0 aromatic carbocycles. The minimum absolute atomic E-state index is 0.0000330. The summed E-state index contributed by atoms with van der Waals surface area (Å²) in [6.45, 7) is 17.0. The predicted molar refractivity (Wildman–Crippen MR) is 149 cm³/mol. The molecule has 0 aliphatic heterocycles. The van der Waals surface area contributed by atoms with Crippen molar-refractivity contribution in [2.75, 3.05) is 13.2 Å². The van der Waals surface area contributed by atoms with Crippen LogP contribution in [0.25, 0.3) is 0 Å². The van der Waals surface area contributed by atoms with Crippen LogP contribution in [-0.4, -0.2) is 19.3 Å². The fourth-order valence-corrected chi connectivity index (χ4v) is 11.3. The number of hydrogen-bond donors (Lipinski definition) is 0. The largest absolute Gasteiger partial charge is 0.475 e. The number of phosphoric ester groups is 1. The van der Waals surface area contributed by atoms with Gasteiger partial charge in [-0.2, -0.15) is 0 Å². The monoisotopic (exact) mass is 524 g/mol. The molecule has 0 saturated heterocycles. The first-order valence-electron chi connectivity index (χ1n) is 15.6. The molecule has 0 bridgehead atoms. The average molecular weight is 525 g/mol. The molecule has 0 N–H and O–H groups in total. The van der Waals surface area contributed by atoms with Crippen LogP contribution in [0.2, 0.25) is 0 Å². The molecule has 4 fully saturated rings. The van der Waals surface area contributed by atoms with Crippen LogP contribution in [0.4, 0.5) is 0 Å². The summed E-state index contributed by atoms with van der Waals surface area (Å²) in [6.07, 6.45) is 15.9. The molecule has 4 aliphatic carbocycles. The number of hydrogen-bond acceptors (Lipinski definition) is 4. The van der Waals surface area contributed by atoms with Gasteiger partial charge in [0.15, 0.2) is 0 Å². The minimum Gasteiger partial charge on any atom is -0.287 e. The molecule has 210 valence electrons. The Morgan fingerprint density at radius 2 is 1.50 bits per heavy atom. The maximum absolute atomic E-state index is 13.0. The molecule has 4 saturated carbocycles. The van der Waals surface area contributed by atoms with E-state index in [0.717, 1.165) is 48.3 Å². The SMILES string of the molecule is CCOP(=O)(OCC)O[C@@H]1CC[C@@]2(C)[C@H](CC[C@@H]3[C@@H]2CC[C@]2(C)[C@@H]([C@H](C)CCCC(C)C)CC[C@@H]32)C1. The smallest absolute Gasteiger partial charge is 0.287 e. The Morgan fingerprint density at radius 3 is 2.17 bits per heavy atom. The molecule has 0 amide bonds. The van der Waals surface area contributed by atoms with Crippen molar-refractivity contribution in [2.45, 2.75) is 132 Å². The third kappa shape index (κ3) is 5.68. The van der Waals surface area contributed by atoms with E-state index in [9.17, 15) is 4.57 Å². The molecule has 0 heterocycles. The first-order chi connectivity index (χ1) is 17.1. The van der Waals surface area contributed by atoms with Gasteiger partial charge >= 0.3 is 7.82 Å². The van der Waals surface area contributed by atoms with Crippen LogP contribution in [-0.2, 0) is 18.1 Å². The van der Waals surface area contributed by atoms with Gasteiger partial charge in [0.05, 0.1) is 19.3 Å². The number of rotatable bonds is 11. The van der Waals surface area contributed by atoms with Crippen molar-refractivity contribution >= 4 is 7.82 Å². The summed E-state index contributed by atoms with van der Waals surface area (Å²) in [7, 11) is -3.44. The molecule has 4 nitrogen and oxygen atoms in total. The highest BCUT2D eigenvalue weighted by molar-refractivity contribution is 7.48. The zero-order valence-corrected chi connectivity index (χ0v) is 25.5. The Bertz CT molecular complexity index is 760. The number of fused-ring (bicyclic) bond motifs is 5. The van der Waals surface area contributed by atoms with Crippen LogP contribution in [0.3, 0.4) is 0 Å². The van der Waals surface area contributed by atoms with Gasteiger partial charge in [0.2, 0.25) is 0 Å². The quantitative estimate of drug-likeness (QED) is 0.252. The van der Waals surface area contributed by atoms with Crippen molar-refractivity contribution in [2.24, 2.45) is 52.3 Å². The van der Waals surface area contributed by atoms with Gasteiger partial charge in [-0.15, -0.1) is 0 Å². The van der Waals surface area contributed by atoms with Crippen molar-refractivity contribution < 1.29 is 18.1 Å². The Labute approximate surface area is 223 Å². The van der Waals surface area contributed by atoms with E-state index in [4.69, 9.17) is 13.6 Å². The summed E-state index contributed by atoms with van der Waals surface area (Å²) in [5.74, 6) is 6.01. The molecule has 0 aromatic rings. The Balaban J connectivity index is 1.40. The van der Waals surface area contributed by atoms with Gasteiger partial charge in [-0.05, 0) is 124 Å². The van der Waals surface area contributed by atoms with Crippen LogP contribution < -0.4 is 0 Å². The van der Waals surface area contributed by atoms with E-state index in [1.165, 1.54) is 64.2 Å². The summed E-state index contributed by atoms with van der Waals surface area (Å²) in [5.41, 5.74) is 0.968. The van der Waals surface area contributed by atoms with Crippen molar-refractivity contribution in [3.8, 4) is 0 Å². The summed E-state index contributed by atoms with van der Waals surface area (Å²) in [5, 5.41) is 0. The van der Waals surface area contributed by atoms with Crippen LogP contribution >= 0.6 is 7.82 Å². The van der Waals surface area contributed by atoms with Crippen molar-refractivity contribution in [1.82, 2.24) is 0 Å². The molecule has 9 atom stereocenters. The van der Waals surface area contributed by atoms with Crippen molar-refractivity contribution in [3.05, 3.63) is 0 Å². The summed E-state index contributed by atoms with van der Waals surface area (Å²) in [4.78, 5) is 0. The van der Waals surface area contributed by atoms with Crippen LogP contribution in [0.1, 0.15) is 126 Å². The average Bonchev–Trinajstić information content (AvgIpc) is 3.16. The fourth-order valence-electron chi connectivity index (χ4n) is 9.94. The highest BCUT2D eigenvalue weighted by Crippen LogP contribution is 2.69. The van der Waals surface area contributed by atoms with Crippen LogP contribution in [0.5, 0.6) is 0 Å². The van der Waals surface area contributed by atoms with Crippen molar-refractivity contribution in [3.63, 3.8) is 0 Å². The van der Waals surface area contributed by atoms with E-state index in [1.54, 1.807) is 0 Å². The van der Waals surface area contributed by atoms with E-state index in [-0.39, 0.29) is 6.10 Å². The van der Waals surface area contributed by atoms with E-state index < -0.39 is 7.82 Å². The first kappa shape index (κ1) is 29.1. The van der Waals surface area contributed by atoms with Gasteiger partial charge in [0.1, 0.15) is 0 Å². The molecule has 0 radical (unpaired) electrons. The highest BCUT2D eigenvalue weighted by atomic mass is 31.2. The van der Waals surface area contributed by atoms with E-state index in [0.29, 0.717) is 30.0 Å². The molecular formula is C31H57O4P. The van der Waals surface area contributed by atoms with Crippen LogP contribution in [0.15, 0.2) is 0 Å². The second-order valence-electron chi connectivity index (χ2n) is 14.0. The Hall–Kier alpha value is 0.110. The van der Waals surface area contributed by atoms with E-state index in [2.05, 4.69) is 34.6 Å². The normalized spacial score (nSPS) is 41.6. The lowest BCUT2D eigenvalue weighted by atomic mass is 9.44. The highest BCUT2D eigenvalue weighted by Gasteiger charge is 2.60. The molecule has 5 heteroatoms. The maximum atomic E-state index is 13.0. The topological polar surface area (TPSA) is 44.8 Å². The zero-order chi connectivity index (χ0) is 26.1. The third-order valence-electron chi connectivity index (χ3n) is 11.7. The van der Waals surface area contributed by atoms with Gasteiger partial charge < -0.3 is 0 Å². The molecule has 4 aliphatic rings. The first-order valence-corrected chi connectivity index (χ1v) is 17.1. The van der Waals surface area contributed by atoms with Gasteiger partial charge in [-0.25, -0.2) is 4.57 Å². The van der Waals surface area contributed by atoms with Gasteiger partial charge in [0.25, 0.3) is 0 Å². The second kappa shape index (κ2) is 11.7. The fraction of sp³-hybridized carbons (Fsp3) is 1.00. The van der Waals surface area contributed by atoms with Crippen LogP contribution in [0, 0.1) is 52.3 Å². The molecule has 4 rings (SSSR count). The molecular weight excluding hydrogens is 467 g/mol. The lowest BCUT2D eigenvalue weighted by Gasteiger charge is -2.61. The summed E-state index contributed by atoms with van der Waals surface area (Å²) >= 11 is 0. The molecule has 36 heavy (non-hydrogen) atoms. The standard InChI is InChI=1S/C31H57O4P/c1-8-33-36(32,34-9-2)35-25-17-19-30(6)24(21-25)13-14-26-28-16-15-27(23(5)12-10-11-22(3)4)31(28,7)20-18-29(26)30/h22-29H,8-21H2,1-7H3/t23-,24-,25-,26+,27-,28+,29+,30+,31-/m1/s1. The Kier molecular flexibility index (Phi) is 9.45. The molecule has 0 aromatic heterocycles.